The van der Waals surface area contributed by atoms with Gasteiger partial charge in [-0.15, -0.1) is 0 Å². The van der Waals surface area contributed by atoms with Crippen molar-refractivity contribution in [1.82, 2.24) is 9.80 Å². The van der Waals surface area contributed by atoms with Crippen molar-refractivity contribution in [2.75, 3.05) is 19.6 Å². The van der Waals surface area contributed by atoms with Gasteiger partial charge in [0.05, 0.1) is 0 Å². The highest BCUT2D eigenvalue weighted by molar-refractivity contribution is 5.95. The smallest absolute Gasteiger partial charge is 0.253 e. The summed E-state index contributed by atoms with van der Waals surface area (Å²) in [7, 11) is 0. The fraction of sp³-hybridized carbons (Fsp3) is 0.364. The van der Waals surface area contributed by atoms with Crippen LogP contribution in [0.25, 0.3) is 5.57 Å². The van der Waals surface area contributed by atoms with Crippen LogP contribution in [-0.4, -0.2) is 47.4 Å². The van der Waals surface area contributed by atoms with Crippen LogP contribution in [0.15, 0.2) is 90.5 Å². The highest BCUT2D eigenvalue weighted by Crippen LogP contribution is 2.43. The standard InChI is InChI=1S/C33H38N2O/c1-3-34(4-2)33(36)28-17-15-27(16-18-28)32(26-13-9-6-10-14-26)29-23-30-19-20-31(24-29)35(30)22-21-25-11-7-5-8-12-25/h5-18,30-31H,3-4,19-24H2,1-2H3/t30-,31+. The van der Waals surface area contributed by atoms with Crippen LogP contribution in [0.5, 0.6) is 0 Å². The molecule has 3 aromatic rings. The summed E-state index contributed by atoms with van der Waals surface area (Å²) >= 11 is 0. The third kappa shape index (κ3) is 5.17. The van der Waals surface area contributed by atoms with Crippen LogP contribution in [-0.2, 0) is 6.42 Å². The van der Waals surface area contributed by atoms with Crippen LogP contribution in [0.1, 0.15) is 66.6 Å². The van der Waals surface area contributed by atoms with Crippen LogP contribution in [0.4, 0.5) is 0 Å². The van der Waals surface area contributed by atoms with Gasteiger partial charge in [-0.25, -0.2) is 0 Å². The van der Waals surface area contributed by atoms with Gasteiger partial charge in [0.25, 0.3) is 5.91 Å². The molecule has 3 nitrogen and oxygen atoms in total. The summed E-state index contributed by atoms with van der Waals surface area (Å²) in [6.07, 6.45) is 5.98. The Labute approximate surface area is 216 Å². The summed E-state index contributed by atoms with van der Waals surface area (Å²) in [5.41, 5.74) is 7.67. The van der Waals surface area contributed by atoms with Gasteiger partial charge in [-0.1, -0.05) is 78.4 Å². The van der Waals surface area contributed by atoms with E-state index in [1.165, 1.54) is 35.1 Å². The first-order valence-electron chi connectivity index (χ1n) is 13.6. The van der Waals surface area contributed by atoms with E-state index >= 15 is 0 Å². The fourth-order valence-electron chi connectivity index (χ4n) is 6.23. The van der Waals surface area contributed by atoms with Crippen molar-refractivity contribution in [3.63, 3.8) is 0 Å². The predicted octanol–water partition coefficient (Wildman–Crippen LogP) is 6.84. The molecule has 2 saturated heterocycles. The Kier molecular flexibility index (Phi) is 7.67. The fourth-order valence-corrected chi connectivity index (χ4v) is 6.23. The first-order valence-corrected chi connectivity index (χ1v) is 13.6. The maximum absolute atomic E-state index is 12.9. The highest BCUT2D eigenvalue weighted by atomic mass is 16.2. The van der Waals surface area contributed by atoms with Crippen molar-refractivity contribution in [1.29, 1.82) is 0 Å². The SMILES string of the molecule is CCN(CC)C(=O)c1ccc(C(=C2C[C@H]3CC[C@@H](C2)N3CCc2ccccc2)c2ccccc2)cc1. The van der Waals surface area contributed by atoms with Crippen LogP contribution in [0.3, 0.4) is 0 Å². The van der Waals surface area contributed by atoms with Crippen LogP contribution < -0.4 is 0 Å². The first-order chi connectivity index (χ1) is 17.7. The quantitative estimate of drug-likeness (QED) is 0.354. The van der Waals surface area contributed by atoms with Gasteiger partial charge in [-0.3, -0.25) is 9.69 Å². The molecule has 2 fully saturated rings. The van der Waals surface area contributed by atoms with Gasteiger partial charge >= 0.3 is 0 Å². The topological polar surface area (TPSA) is 23.6 Å². The van der Waals surface area contributed by atoms with E-state index in [9.17, 15) is 4.79 Å². The Balaban J connectivity index is 1.41. The molecule has 2 aliphatic heterocycles. The van der Waals surface area contributed by atoms with E-state index in [1.807, 2.05) is 30.9 Å². The lowest BCUT2D eigenvalue weighted by Gasteiger charge is -2.37. The summed E-state index contributed by atoms with van der Waals surface area (Å²) in [6.45, 7) is 6.69. The minimum Gasteiger partial charge on any atom is -0.339 e. The second-order valence-corrected chi connectivity index (χ2v) is 10.2. The van der Waals surface area contributed by atoms with Crippen LogP contribution >= 0.6 is 0 Å². The first kappa shape index (κ1) is 24.5. The molecule has 0 aliphatic carbocycles. The third-order valence-corrected chi connectivity index (χ3v) is 8.12. The van der Waals surface area contributed by atoms with Crippen molar-refractivity contribution in [3.05, 3.63) is 113 Å². The zero-order valence-corrected chi connectivity index (χ0v) is 21.7. The molecule has 0 spiro atoms. The normalized spacial score (nSPS) is 20.8. The molecule has 3 aromatic carbocycles. The summed E-state index contributed by atoms with van der Waals surface area (Å²) in [4.78, 5) is 17.5. The number of piperidine rings is 1. The predicted molar refractivity (Wildman–Crippen MR) is 149 cm³/mol. The van der Waals surface area contributed by atoms with Gasteiger partial charge in [0.2, 0.25) is 0 Å². The van der Waals surface area contributed by atoms with Crippen molar-refractivity contribution in [3.8, 4) is 0 Å². The van der Waals surface area contributed by atoms with Gasteiger partial charge in [-0.05, 0) is 80.3 Å². The Hall–Kier alpha value is -3.17. The monoisotopic (exact) mass is 478 g/mol. The summed E-state index contributed by atoms with van der Waals surface area (Å²) in [5.74, 6) is 0.116. The number of hydrogen-bond acceptors (Lipinski definition) is 2. The zero-order chi connectivity index (χ0) is 24.9. The number of rotatable bonds is 8. The van der Waals surface area contributed by atoms with Crippen molar-refractivity contribution < 1.29 is 4.79 Å². The number of carbonyl (C=O) groups is 1. The Morgan fingerprint density at radius 1 is 0.750 bits per heavy atom. The number of amides is 1. The molecule has 0 unspecified atom stereocenters. The number of hydrogen-bond donors (Lipinski definition) is 0. The molecule has 0 aromatic heterocycles. The van der Waals surface area contributed by atoms with Gasteiger partial charge < -0.3 is 4.90 Å². The van der Waals surface area contributed by atoms with Crippen LogP contribution in [0.2, 0.25) is 0 Å². The molecular formula is C33H38N2O. The van der Waals surface area contributed by atoms with E-state index in [-0.39, 0.29) is 5.91 Å². The number of fused-ring (bicyclic) bond motifs is 2. The molecule has 2 atom stereocenters. The van der Waals surface area contributed by atoms with Crippen LogP contribution in [0, 0.1) is 0 Å². The molecule has 2 aliphatic rings. The molecule has 0 radical (unpaired) electrons. The minimum atomic E-state index is 0.116. The van der Waals surface area contributed by atoms with Gasteiger partial charge in [0, 0.05) is 37.3 Å². The molecule has 186 valence electrons. The molecule has 0 saturated carbocycles. The van der Waals surface area contributed by atoms with E-state index in [1.54, 1.807) is 5.57 Å². The largest absolute Gasteiger partial charge is 0.339 e. The van der Waals surface area contributed by atoms with Gasteiger partial charge in [-0.2, -0.15) is 0 Å². The molecule has 2 bridgehead atoms. The average Bonchev–Trinajstić information content (AvgIpc) is 3.17. The molecule has 2 heterocycles. The summed E-state index contributed by atoms with van der Waals surface area (Å²) in [5, 5.41) is 0. The Morgan fingerprint density at radius 3 is 1.86 bits per heavy atom. The Bertz CT molecular complexity index is 1160. The number of benzene rings is 3. The lowest BCUT2D eigenvalue weighted by Crippen LogP contribution is -2.41. The molecule has 0 N–H and O–H groups in total. The highest BCUT2D eigenvalue weighted by Gasteiger charge is 2.39. The summed E-state index contributed by atoms with van der Waals surface area (Å²) in [6, 6.07) is 31.3. The van der Waals surface area contributed by atoms with Crippen molar-refractivity contribution >= 4 is 11.5 Å². The number of nitrogens with zero attached hydrogens (tertiary/aromatic N) is 2. The second-order valence-electron chi connectivity index (χ2n) is 10.2. The third-order valence-electron chi connectivity index (χ3n) is 8.12. The number of carbonyl (C=O) groups excluding carboxylic acids is 1. The molecule has 5 rings (SSSR count). The van der Waals surface area contributed by atoms with Gasteiger partial charge in [0.15, 0.2) is 0 Å². The molecule has 36 heavy (non-hydrogen) atoms. The van der Waals surface area contributed by atoms with E-state index in [0.717, 1.165) is 44.5 Å². The lowest BCUT2D eigenvalue weighted by molar-refractivity contribution is 0.0773. The van der Waals surface area contributed by atoms with Crippen molar-refractivity contribution in [2.45, 2.75) is 58.0 Å². The maximum atomic E-state index is 12.9. The van der Waals surface area contributed by atoms with E-state index in [0.29, 0.717) is 12.1 Å². The zero-order valence-electron chi connectivity index (χ0n) is 21.7. The van der Waals surface area contributed by atoms with E-state index in [4.69, 9.17) is 0 Å². The lowest BCUT2D eigenvalue weighted by atomic mass is 9.85. The maximum Gasteiger partial charge on any atom is 0.253 e. The van der Waals surface area contributed by atoms with E-state index in [2.05, 4.69) is 77.7 Å². The Morgan fingerprint density at radius 2 is 1.28 bits per heavy atom. The van der Waals surface area contributed by atoms with Crippen molar-refractivity contribution in [2.24, 2.45) is 0 Å². The minimum absolute atomic E-state index is 0.116. The second kappa shape index (κ2) is 11.3. The molecular weight excluding hydrogens is 440 g/mol. The molecule has 1 amide bonds. The average molecular weight is 479 g/mol. The van der Waals surface area contributed by atoms with E-state index < -0.39 is 0 Å². The molecule has 3 heteroatoms. The van der Waals surface area contributed by atoms with Gasteiger partial charge in [0.1, 0.15) is 0 Å². The summed E-state index contributed by atoms with van der Waals surface area (Å²) < 4.78 is 0.